The predicted molar refractivity (Wildman–Crippen MR) is 136 cm³/mol. The molecule has 1 fully saturated rings. The van der Waals surface area contributed by atoms with Crippen LogP contribution in [0.2, 0.25) is 0 Å². The number of amides is 1. The smallest absolute Gasteiger partial charge is 0.257 e. The fourth-order valence-corrected chi connectivity index (χ4v) is 5.63. The van der Waals surface area contributed by atoms with E-state index in [1.54, 1.807) is 24.3 Å². The highest BCUT2D eigenvalue weighted by Crippen LogP contribution is 2.25. The third kappa shape index (κ3) is 4.82. The van der Waals surface area contributed by atoms with E-state index in [2.05, 4.69) is 15.2 Å². The van der Waals surface area contributed by atoms with Gasteiger partial charge in [0.1, 0.15) is 0 Å². The molecule has 3 aromatic carbocycles. The summed E-state index contributed by atoms with van der Waals surface area (Å²) in [6, 6.07) is 23.1. The van der Waals surface area contributed by atoms with Crippen LogP contribution in [0, 0.1) is 0 Å². The molecule has 0 saturated carbocycles. The van der Waals surface area contributed by atoms with Crippen molar-refractivity contribution < 1.29 is 13.2 Å². The summed E-state index contributed by atoms with van der Waals surface area (Å²) in [5.74, 6) is -0.318. The molecule has 0 aliphatic carbocycles. The highest BCUT2D eigenvalue weighted by atomic mass is 32.2. The van der Waals surface area contributed by atoms with E-state index in [1.165, 1.54) is 22.6 Å². The van der Waals surface area contributed by atoms with Crippen molar-refractivity contribution in [1.82, 2.24) is 9.29 Å². The molecule has 1 aromatic heterocycles. The topological polar surface area (TPSA) is 103 Å². The zero-order valence-electron chi connectivity index (χ0n) is 18.8. The van der Waals surface area contributed by atoms with Crippen LogP contribution in [0.3, 0.4) is 0 Å². The minimum Gasteiger partial charge on any atom is -0.369 e. The van der Waals surface area contributed by atoms with E-state index in [9.17, 15) is 18.0 Å². The molecule has 5 rings (SSSR count). The van der Waals surface area contributed by atoms with Gasteiger partial charge in [-0.2, -0.15) is 4.31 Å². The lowest BCUT2D eigenvalue weighted by molar-refractivity contribution is 0.102. The zero-order chi connectivity index (χ0) is 24.4. The molecule has 0 atom stereocenters. The number of carbonyl (C=O) groups excluding carboxylic acids is 1. The van der Waals surface area contributed by atoms with Crippen molar-refractivity contribution in [2.75, 3.05) is 36.4 Å². The van der Waals surface area contributed by atoms with E-state index in [0.29, 0.717) is 42.3 Å². The number of fused-ring (bicyclic) bond motifs is 1. The molecule has 2 N–H and O–H groups in total. The van der Waals surface area contributed by atoms with E-state index < -0.39 is 10.0 Å². The van der Waals surface area contributed by atoms with Gasteiger partial charge in [-0.25, -0.2) is 8.42 Å². The Kier molecular flexibility index (Phi) is 6.10. The van der Waals surface area contributed by atoms with Gasteiger partial charge < -0.3 is 15.2 Å². The molecule has 8 nitrogen and oxygen atoms in total. The van der Waals surface area contributed by atoms with Gasteiger partial charge in [-0.05, 0) is 53.2 Å². The second kappa shape index (κ2) is 9.36. The number of hydrogen-bond donors (Lipinski definition) is 2. The van der Waals surface area contributed by atoms with Crippen molar-refractivity contribution in [2.45, 2.75) is 4.90 Å². The van der Waals surface area contributed by atoms with E-state index in [0.717, 1.165) is 16.5 Å². The highest BCUT2D eigenvalue weighted by molar-refractivity contribution is 7.89. The molecule has 1 aliphatic heterocycles. The average molecular weight is 489 g/mol. The standard InChI is InChI=1S/C26H24N4O4S/c31-25-12-6-21(18-27-25)26(32)28-22-7-9-23(10-8-22)29-13-15-30(16-14-29)35(33,34)24-11-5-19-3-1-2-4-20(19)17-24/h1-12,17-18H,13-16H2,(H,27,31)(H,28,32). The van der Waals surface area contributed by atoms with Crippen molar-refractivity contribution in [1.29, 1.82) is 0 Å². The number of aromatic amines is 1. The molecule has 0 radical (unpaired) electrons. The number of carbonyl (C=O) groups is 1. The summed E-state index contributed by atoms with van der Waals surface area (Å²) >= 11 is 0. The number of piperazine rings is 1. The molecule has 1 saturated heterocycles. The fraction of sp³-hybridized carbons (Fsp3) is 0.154. The van der Waals surface area contributed by atoms with Crippen molar-refractivity contribution in [2.24, 2.45) is 0 Å². The third-order valence-electron chi connectivity index (χ3n) is 6.13. The van der Waals surface area contributed by atoms with Crippen molar-refractivity contribution in [3.05, 3.63) is 101 Å². The van der Waals surface area contributed by atoms with Crippen LogP contribution in [-0.2, 0) is 10.0 Å². The first kappa shape index (κ1) is 22.8. The van der Waals surface area contributed by atoms with Crippen LogP contribution in [0.5, 0.6) is 0 Å². The van der Waals surface area contributed by atoms with E-state index in [1.807, 2.05) is 42.5 Å². The van der Waals surface area contributed by atoms with Crippen LogP contribution in [0.15, 0.2) is 94.7 Å². The fourth-order valence-electron chi connectivity index (χ4n) is 4.17. The van der Waals surface area contributed by atoms with Crippen molar-refractivity contribution in [3.63, 3.8) is 0 Å². The molecule has 1 amide bonds. The first-order chi connectivity index (χ1) is 16.9. The maximum Gasteiger partial charge on any atom is 0.257 e. The molecule has 9 heteroatoms. The number of pyridine rings is 1. The molecule has 0 bridgehead atoms. The van der Waals surface area contributed by atoms with Crippen LogP contribution in [-0.4, -0.2) is 49.8 Å². The molecule has 2 heterocycles. The van der Waals surface area contributed by atoms with Crippen LogP contribution >= 0.6 is 0 Å². The minimum absolute atomic E-state index is 0.268. The lowest BCUT2D eigenvalue weighted by Gasteiger charge is -2.35. The van der Waals surface area contributed by atoms with Crippen molar-refractivity contribution >= 4 is 38.1 Å². The number of hydrogen-bond acceptors (Lipinski definition) is 5. The Morgan fingerprint density at radius 2 is 1.54 bits per heavy atom. The summed E-state index contributed by atoms with van der Waals surface area (Å²) in [5.41, 5.74) is 1.67. The van der Waals surface area contributed by atoms with E-state index >= 15 is 0 Å². The quantitative estimate of drug-likeness (QED) is 0.449. The summed E-state index contributed by atoms with van der Waals surface area (Å²) in [6.45, 7) is 1.91. The minimum atomic E-state index is -3.57. The average Bonchev–Trinajstić information content (AvgIpc) is 2.89. The number of rotatable bonds is 5. The van der Waals surface area contributed by atoms with Crippen LogP contribution < -0.4 is 15.8 Å². The second-order valence-corrected chi connectivity index (χ2v) is 10.3. The van der Waals surface area contributed by atoms with Gasteiger partial charge in [-0.3, -0.25) is 9.59 Å². The van der Waals surface area contributed by atoms with Gasteiger partial charge >= 0.3 is 0 Å². The van der Waals surface area contributed by atoms with Gasteiger partial charge in [0, 0.05) is 49.8 Å². The number of anilines is 2. The number of H-pyrrole nitrogens is 1. The Morgan fingerprint density at radius 1 is 0.829 bits per heavy atom. The summed E-state index contributed by atoms with van der Waals surface area (Å²) in [7, 11) is -3.57. The summed E-state index contributed by atoms with van der Waals surface area (Å²) < 4.78 is 27.9. The molecule has 1 aliphatic rings. The maximum absolute atomic E-state index is 13.2. The first-order valence-electron chi connectivity index (χ1n) is 11.2. The molecule has 4 aromatic rings. The van der Waals surface area contributed by atoms with Gasteiger partial charge in [-0.1, -0.05) is 30.3 Å². The Morgan fingerprint density at radius 3 is 2.23 bits per heavy atom. The first-order valence-corrected chi connectivity index (χ1v) is 12.7. The second-order valence-electron chi connectivity index (χ2n) is 8.34. The molecule has 0 spiro atoms. The number of aromatic nitrogens is 1. The normalized spacial score (nSPS) is 14.7. The molecule has 0 unspecified atom stereocenters. The van der Waals surface area contributed by atoms with Gasteiger partial charge in [-0.15, -0.1) is 0 Å². The largest absolute Gasteiger partial charge is 0.369 e. The number of nitrogens with zero attached hydrogens (tertiary/aromatic N) is 2. The van der Waals surface area contributed by atoms with E-state index in [-0.39, 0.29) is 11.5 Å². The zero-order valence-corrected chi connectivity index (χ0v) is 19.7. The van der Waals surface area contributed by atoms with Crippen LogP contribution in [0.25, 0.3) is 10.8 Å². The van der Waals surface area contributed by atoms with Gasteiger partial charge in [0.05, 0.1) is 10.5 Å². The number of sulfonamides is 1. The Hall–Kier alpha value is -3.95. The molecular weight excluding hydrogens is 464 g/mol. The Bertz CT molecular complexity index is 1520. The summed E-state index contributed by atoms with van der Waals surface area (Å²) in [4.78, 5) is 28.4. The molecule has 35 heavy (non-hydrogen) atoms. The predicted octanol–water partition coefficient (Wildman–Crippen LogP) is 3.29. The highest BCUT2D eigenvalue weighted by Gasteiger charge is 2.28. The van der Waals surface area contributed by atoms with Gasteiger partial charge in [0.25, 0.3) is 5.91 Å². The Labute approximate surface area is 202 Å². The summed E-state index contributed by atoms with van der Waals surface area (Å²) in [5, 5.41) is 4.71. The monoisotopic (exact) mass is 488 g/mol. The van der Waals surface area contributed by atoms with E-state index in [4.69, 9.17) is 0 Å². The number of nitrogens with one attached hydrogen (secondary N) is 2. The number of benzene rings is 3. The molecule has 178 valence electrons. The van der Waals surface area contributed by atoms with Crippen LogP contribution in [0.1, 0.15) is 10.4 Å². The lowest BCUT2D eigenvalue weighted by Crippen LogP contribution is -2.48. The lowest BCUT2D eigenvalue weighted by atomic mass is 10.1. The third-order valence-corrected chi connectivity index (χ3v) is 8.03. The molecular formula is C26H24N4O4S. The van der Waals surface area contributed by atoms with Crippen molar-refractivity contribution in [3.8, 4) is 0 Å². The van der Waals surface area contributed by atoms with Gasteiger partial charge in [0.15, 0.2) is 0 Å². The van der Waals surface area contributed by atoms with Crippen LogP contribution in [0.4, 0.5) is 11.4 Å². The SMILES string of the molecule is O=C(Nc1ccc(N2CCN(S(=O)(=O)c3ccc4ccccc4c3)CC2)cc1)c1ccc(=O)[nH]c1. The van der Waals surface area contributed by atoms with Gasteiger partial charge in [0.2, 0.25) is 15.6 Å². The summed E-state index contributed by atoms with van der Waals surface area (Å²) in [6.07, 6.45) is 1.37. The Balaban J connectivity index is 1.22. The maximum atomic E-state index is 13.2.